The molecule has 0 aliphatic heterocycles. The Morgan fingerprint density at radius 3 is 1.68 bits per heavy atom. The summed E-state index contributed by atoms with van der Waals surface area (Å²) in [6.45, 7) is 0.447. The molecule has 96 valence electrons. The zero-order valence-corrected chi connectivity index (χ0v) is 10.2. The van der Waals surface area contributed by atoms with E-state index in [0.29, 0.717) is 17.8 Å². The van der Waals surface area contributed by atoms with Crippen molar-refractivity contribution in [2.45, 2.75) is 6.67 Å². The molecule has 2 aromatic heterocycles. The number of aromatic nitrogens is 2. The monoisotopic (exact) mass is 258 g/mol. The topological polar surface area (TPSA) is 93.9 Å². The van der Waals surface area contributed by atoms with Gasteiger partial charge in [-0.05, 0) is 12.1 Å². The Morgan fingerprint density at radius 2 is 1.32 bits per heavy atom. The Bertz CT molecular complexity index is 585. The van der Waals surface area contributed by atoms with Crippen LogP contribution in [-0.4, -0.2) is 11.8 Å². The van der Waals surface area contributed by atoms with Crippen LogP contribution in [0.4, 0.5) is 0 Å². The van der Waals surface area contributed by atoms with Crippen molar-refractivity contribution in [2.75, 3.05) is 0 Å². The summed E-state index contributed by atoms with van der Waals surface area (Å²) >= 11 is 0. The van der Waals surface area contributed by atoms with E-state index in [0.717, 1.165) is 0 Å². The van der Waals surface area contributed by atoms with Gasteiger partial charge in [-0.3, -0.25) is 9.59 Å². The first-order valence-electron chi connectivity index (χ1n) is 5.64. The van der Waals surface area contributed by atoms with Crippen molar-refractivity contribution in [2.24, 2.45) is 11.5 Å². The van der Waals surface area contributed by atoms with Crippen molar-refractivity contribution in [3.05, 3.63) is 60.2 Å². The number of carbonyl (C=O) groups excluding carboxylic acids is 2. The Morgan fingerprint density at radius 1 is 0.895 bits per heavy atom. The van der Waals surface area contributed by atoms with Crippen molar-refractivity contribution in [1.29, 1.82) is 0 Å². The highest BCUT2D eigenvalue weighted by atomic mass is 16.1. The number of nitrogens with zero attached hydrogens (tertiary/aromatic N) is 2. The van der Waals surface area contributed by atoms with Crippen LogP contribution >= 0.6 is 0 Å². The molecule has 0 aliphatic carbocycles. The SMILES string of the molecule is NC(=O)c1ccc[n+](C[n+]2cccc(C(N)=O)c2)c1. The first-order valence-corrected chi connectivity index (χ1v) is 5.64. The molecule has 0 aromatic carbocycles. The van der Waals surface area contributed by atoms with Crippen LogP contribution in [0.5, 0.6) is 0 Å². The molecule has 6 nitrogen and oxygen atoms in total. The highest BCUT2D eigenvalue weighted by Gasteiger charge is 2.13. The van der Waals surface area contributed by atoms with Gasteiger partial charge in [0.25, 0.3) is 11.8 Å². The van der Waals surface area contributed by atoms with Crippen LogP contribution in [0.1, 0.15) is 20.7 Å². The second kappa shape index (κ2) is 5.26. The minimum Gasteiger partial charge on any atom is -0.365 e. The largest absolute Gasteiger partial charge is 0.365 e. The molecule has 0 saturated heterocycles. The Hall–Kier alpha value is -2.76. The molecule has 0 fully saturated rings. The number of nitrogens with two attached hydrogens (primary N) is 2. The summed E-state index contributed by atoms with van der Waals surface area (Å²) in [6.07, 6.45) is 6.89. The maximum atomic E-state index is 11.1. The zero-order valence-electron chi connectivity index (χ0n) is 10.2. The third kappa shape index (κ3) is 3.12. The number of primary amides is 2. The highest BCUT2D eigenvalue weighted by molar-refractivity contribution is 5.92. The van der Waals surface area contributed by atoms with Crippen LogP contribution in [0.15, 0.2) is 49.1 Å². The zero-order chi connectivity index (χ0) is 13.8. The lowest BCUT2D eigenvalue weighted by atomic mass is 10.2. The lowest BCUT2D eigenvalue weighted by Crippen LogP contribution is -2.51. The van der Waals surface area contributed by atoms with Crippen molar-refractivity contribution in [3.63, 3.8) is 0 Å². The summed E-state index contributed by atoms with van der Waals surface area (Å²) in [7, 11) is 0. The van der Waals surface area contributed by atoms with E-state index in [1.165, 1.54) is 0 Å². The van der Waals surface area contributed by atoms with E-state index in [-0.39, 0.29) is 0 Å². The van der Waals surface area contributed by atoms with Gasteiger partial charge in [0.05, 0.1) is 0 Å². The fourth-order valence-corrected chi connectivity index (χ4v) is 1.70. The van der Waals surface area contributed by atoms with Gasteiger partial charge in [0, 0.05) is 12.1 Å². The molecule has 0 spiro atoms. The summed E-state index contributed by atoms with van der Waals surface area (Å²) in [6, 6.07) is 6.75. The second-order valence-electron chi connectivity index (χ2n) is 4.08. The van der Waals surface area contributed by atoms with E-state index < -0.39 is 11.8 Å². The maximum absolute atomic E-state index is 11.1. The number of hydrogen-bond acceptors (Lipinski definition) is 2. The standard InChI is InChI=1S/C13H12N4O2/c14-12(18)10-3-1-5-16(7-10)9-17-6-2-4-11(8-17)13(15)19/h1-8H,9H2,(H2-2,14,15,18,19)/p+2. The van der Waals surface area contributed by atoms with Gasteiger partial charge in [0.15, 0.2) is 24.8 Å². The van der Waals surface area contributed by atoms with Crippen LogP contribution in [0.2, 0.25) is 0 Å². The van der Waals surface area contributed by atoms with E-state index in [4.69, 9.17) is 11.5 Å². The number of carbonyl (C=O) groups is 2. The van der Waals surface area contributed by atoms with Gasteiger partial charge >= 0.3 is 6.67 Å². The molecule has 2 amide bonds. The quantitative estimate of drug-likeness (QED) is 0.686. The van der Waals surface area contributed by atoms with E-state index in [1.54, 1.807) is 58.2 Å². The Balaban J connectivity index is 2.26. The molecule has 0 bridgehead atoms. The number of amides is 2. The van der Waals surface area contributed by atoms with Crippen LogP contribution in [0, 0.1) is 0 Å². The molecular formula is C13H14N4O2+2. The smallest absolute Gasteiger partial charge is 0.343 e. The van der Waals surface area contributed by atoms with E-state index >= 15 is 0 Å². The molecule has 0 radical (unpaired) electrons. The van der Waals surface area contributed by atoms with Crippen LogP contribution in [-0.2, 0) is 6.67 Å². The normalized spacial score (nSPS) is 10.1. The van der Waals surface area contributed by atoms with Gasteiger partial charge in [-0.25, -0.2) is 0 Å². The first-order chi connectivity index (χ1) is 9.06. The van der Waals surface area contributed by atoms with Gasteiger partial charge in [0.1, 0.15) is 11.1 Å². The number of pyridine rings is 2. The molecule has 0 saturated carbocycles. The minimum atomic E-state index is -0.481. The summed E-state index contributed by atoms with van der Waals surface area (Å²) in [4.78, 5) is 22.2. The van der Waals surface area contributed by atoms with Crippen LogP contribution < -0.4 is 20.6 Å². The minimum absolute atomic E-state index is 0.425. The Labute approximate surface area is 109 Å². The average molecular weight is 258 g/mol. The van der Waals surface area contributed by atoms with Crippen molar-refractivity contribution < 1.29 is 18.7 Å². The first kappa shape index (κ1) is 12.7. The van der Waals surface area contributed by atoms with E-state index in [9.17, 15) is 9.59 Å². The fourth-order valence-electron chi connectivity index (χ4n) is 1.70. The summed E-state index contributed by atoms with van der Waals surface area (Å²) < 4.78 is 3.57. The molecule has 0 unspecified atom stereocenters. The molecule has 0 atom stereocenters. The second-order valence-corrected chi connectivity index (χ2v) is 4.08. The van der Waals surface area contributed by atoms with Crippen LogP contribution in [0.3, 0.4) is 0 Å². The number of hydrogen-bond donors (Lipinski definition) is 2. The van der Waals surface area contributed by atoms with Crippen molar-refractivity contribution in [3.8, 4) is 0 Å². The summed E-state index contributed by atoms with van der Waals surface area (Å²) in [5.74, 6) is -0.963. The molecular weight excluding hydrogens is 244 g/mol. The lowest BCUT2D eigenvalue weighted by molar-refractivity contribution is -0.913. The number of rotatable bonds is 4. The molecule has 4 N–H and O–H groups in total. The third-order valence-corrected chi connectivity index (χ3v) is 2.61. The maximum Gasteiger partial charge on any atom is 0.343 e. The molecule has 2 heterocycles. The fraction of sp³-hybridized carbons (Fsp3) is 0.0769. The van der Waals surface area contributed by atoms with Gasteiger partial charge in [-0.15, -0.1) is 9.13 Å². The average Bonchev–Trinajstić information content (AvgIpc) is 2.39. The van der Waals surface area contributed by atoms with E-state index in [2.05, 4.69) is 0 Å². The predicted octanol–water partition coefficient (Wildman–Crippen LogP) is -1.03. The molecule has 2 rings (SSSR count). The van der Waals surface area contributed by atoms with Crippen molar-refractivity contribution >= 4 is 11.8 Å². The molecule has 19 heavy (non-hydrogen) atoms. The van der Waals surface area contributed by atoms with Gasteiger partial charge in [-0.2, -0.15) is 0 Å². The van der Waals surface area contributed by atoms with Gasteiger partial charge < -0.3 is 11.5 Å². The van der Waals surface area contributed by atoms with Gasteiger partial charge in [-0.1, -0.05) is 0 Å². The van der Waals surface area contributed by atoms with Gasteiger partial charge in [0.2, 0.25) is 0 Å². The molecule has 2 aromatic rings. The predicted molar refractivity (Wildman–Crippen MR) is 65.7 cm³/mol. The van der Waals surface area contributed by atoms with E-state index in [1.807, 2.05) is 0 Å². The lowest BCUT2D eigenvalue weighted by Gasteiger charge is -1.97. The van der Waals surface area contributed by atoms with Crippen LogP contribution in [0.25, 0.3) is 0 Å². The summed E-state index contributed by atoms with van der Waals surface area (Å²) in [5.41, 5.74) is 11.3. The molecule has 0 aliphatic rings. The third-order valence-electron chi connectivity index (χ3n) is 2.61. The summed E-state index contributed by atoms with van der Waals surface area (Å²) in [5, 5.41) is 0. The molecule has 6 heteroatoms. The highest BCUT2D eigenvalue weighted by Crippen LogP contribution is 1.93. The van der Waals surface area contributed by atoms with Crippen molar-refractivity contribution in [1.82, 2.24) is 0 Å². The Kier molecular flexibility index (Phi) is 3.51.